The summed E-state index contributed by atoms with van der Waals surface area (Å²) in [6.45, 7) is 3.25. The number of anilines is 1. The van der Waals surface area contributed by atoms with Crippen LogP contribution in [0.3, 0.4) is 0 Å². The molecule has 34 heavy (non-hydrogen) atoms. The lowest BCUT2D eigenvalue weighted by Crippen LogP contribution is -2.50. The van der Waals surface area contributed by atoms with Gasteiger partial charge in [-0.05, 0) is 24.3 Å². The van der Waals surface area contributed by atoms with Crippen LogP contribution in [0.5, 0.6) is 11.5 Å². The molecular weight excluding hydrogens is 465 g/mol. The van der Waals surface area contributed by atoms with E-state index in [0.717, 1.165) is 0 Å². The number of sulfonamides is 1. The van der Waals surface area contributed by atoms with E-state index in [-0.39, 0.29) is 42.1 Å². The van der Waals surface area contributed by atoms with Gasteiger partial charge < -0.3 is 24.0 Å². The van der Waals surface area contributed by atoms with E-state index in [0.29, 0.717) is 50.8 Å². The fourth-order valence-electron chi connectivity index (χ4n) is 4.35. The van der Waals surface area contributed by atoms with Crippen molar-refractivity contribution in [1.82, 2.24) is 9.21 Å². The van der Waals surface area contributed by atoms with Gasteiger partial charge in [-0.3, -0.25) is 4.79 Å². The smallest absolute Gasteiger partial charge is 0.267 e. The van der Waals surface area contributed by atoms with Gasteiger partial charge in [-0.15, -0.1) is 0 Å². The van der Waals surface area contributed by atoms with Gasteiger partial charge in [-0.2, -0.15) is 4.31 Å². The molecule has 0 aliphatic carbocycles. The highest BCUT2D eigenvalue weighted by molar-refractivity contribution is 7.89. The average Bonchev–Trinajstić information content (AvgIpc) is 2.88. The second-order valence-electron chi connectivity index (χ2n) is 8.31. The first-order valence-corrected chi connectivity index (χ1v) is 12.7. The monoisotopic (exact) mass is 491 g/mol. The predicted molar refractivity (Wildman–Crippen MR) is 121 cm³/mol. The van der Waals surface area contributed by atoms with Crippen LogP contribution in [-0.2, 0) is 19.6 Å². The van der Waals surface area contributed by atoms with Gasteiger partial charge in [0.15, 0.2) is 11.5 Å². The summed E-state index contributed by atoms with van der Waals surface area (Å²) in [5.74, 6) is 0.132. The second kappa shape index (κ2) is 9.40. The number of ether oxygens (including phenoxy) is 3. The molecule has 182 valence electrons. The number of hydrogen-bond acceptors (Lipinski definition) is 7. The Labute approximate surface area is 197 Å². The second-order valence-corrected chi connectivity index (χ2v) is 10.2. The van der Waals surface area contributed by atoms with Crippen molar-refractivity contribution in [3.8, 4) is 11.5 Å². The fourth-order valence-corrected chi connectivity index (χ4v) is 5.79. The van der Waals surface area contributed by atoms with Gasteiger partial charge in [0.1, 0.15) is 12.4 Å². The first-order chi connectivity index (χ1) is 16.4. The minimum absolute atomic E-state index is 0.00794. The van der Waals surface area contributed by atoms with Gasteiger partial charge in [0.05, 0.1) is 23.8 Å². The van der Waals surface area contributed by atoms with Crippen molar-refractivity contribution in [2.75, 3.05) is 64.0 Å². The molecule has 11 heteroatoms. The molecule has 3 aliphatic heterocycles. The van der Waals surface area contributed by atoms with Gasteiger partial charge in [-0.1, -0.05) is 12.1 Å². The molecule has 3 heterocycles. The van der Waals surface area contributed by atoms with E-state index in [9.17, 15) is 17.6 Å². The van der Waals surface area contributed by atoms with Crippen molar-refractivity contribution >= 4 is 21.6 Å². The Bertz CT molecular complexity index is 1160. The molecule has 9 nitrogen and oxygen atoms in total. The normalized spacial score (nSPS) is 21.4. The van der Waals surface area contributed by atoms with Gasteiger partial charge >= 0.3 is 0 Å². The lowest BCUT2D eigenvalue weighted by molar-refractivity contribution is -0.145. The fraction of sp³-hybridized carbons (Fsp3) is 0.435. The van der Waals surface area contributed by atoms with Gasteiger partial charge in [0.25, 0.3) is 5.91 Å². The van der Waals surface area contributed by atoms with E-state index < -0.39 is 16.1 Å². The summed E-state index contributed by atoms with van der Waals surface area (Å²) in [5, 5.41) is 0. The maximum atomic E-state index is 14.1. The molecule has 2 saturated heterocycles. The SMILES string of the molecule is O=C([C@H]1COc2cc(S(=O)(=O)N3CCN(c4ccccc4F)CC3)ccc2O1)N1CCOCC1. The number of rotatable bonds is 4. The molecule has 1 amide bonds. The van der Waals surface area contributed by atoms with E-state index in [1.54, 1.807) is 23.1 Å². The molecule has 0 aromatic heterocycles. The van der Waals surface area contributed by atoms with Gasteiger partial charge in [0.2, 0.25) is 16.1 Å². The maximum absolute atomic E-state index is 14.1. The van der Waals surface area contributed by atoms with E-state index in [4.69, 9.17) is 14.2 Å². The topological polar surface area (TPSA) is 88.6 Å². The third-order valence-corrected chi connectivity index (χ3v) is 8.14. The third kappa shape index (κ3) is 4.42. The Morgan fingerprint density at radius 2 is 1.68 bits per heavy atom. The van der Waals surface area contributed by atoms with Crippen LogP contribution in [0.15, 0.2) is 47.4 Å². The van der Waals surface area contributed by atoms with E-state index in [1.807, 2.05) is 4.90 Å². The van der Waals surface area contributed by atoms with E-state index in [2.05, 4.69) is 0 Å². The zero-order chi connectivity index (χ0) is 23.7. The zero-order valence-corrected chi connectivity index (χ0v) is 19.4. The molecule has 0 unspecified atom stereocenters. The molecule has 0 saturated carbocycles. The molecule has 0 radical (unpaired) electrons. The standard InChI is InChI=1S/C23H26FN3O6S/c24-18-3-1-2-4-19(18)25-7-9-27(10-8-25)34(29,30)17-5-6-20-21(15-17)32-16-22(33-20)23(28)26-11-13-31-14-12-26/h1-6,15,22H,7-14,16H2/t22-/m1/s1. The first kappa shape index (κ1) is 22.9. The number of fused-ring (bicyclic) bond motifs is 1. The van der Waals surface area contributed by atoms with Crippen molar-refractivity contribution in [2.45, 2.75) is 11.0 Å². The summed E-state index contributed by atoms with van der Waals surface area (Å²) in [6.07, 6.45) is -0.778. The summed E-state index contributed by atoms with van der Waals surface area (Å²) >= 11 is 0. The number of piperazine rings is 1. The molecule has 1 atom stereocenters. The Morgan fingerprint density at radius 1 is 0.941 bits per heavy atom. The number of benzene rings is 2. The molecule has 2 fully saturated rings. The van der Waals surface area contributed by atoms with E-state index in [1.165, 1.54) is 28.6 Å². The predicted octanol–water partition coefficient (Wildman–Crippen LogP) is 1.34. The molecule has 2 aromatic rings. The first-order valence-electron chi connectivity index (χ1n) is 11.2. The van der Waals surface area contributed by atoms with Crippen LogP contribution in [-0.4, -0.2) is 88.7 Å². The highest BCUT2D eigenvalue weighted by atomic mass is 32.2. The maximum Gasteiger partial charge on any atom is 0.267 e. The lowest BCUT2D eigenvalue weighted by atomic mass is 10.2. The number of halogens is 1. The van der Waals surface area contributed by atoms with Crippen LogP contribution in [0.1, 0.15) is 0 Å². The van der Waals surface area contributed by atoms with Crippen LogP contribution in [0.4, 0.5) is 10.1 Å². The Balaban J connectivity index is 1.25. The minimum atomic E-state index is -3.77. The molecule has 2 aromatic carbocycles. The van der Waals surface area contributed by atoms with Crippen LogP contribution in [0.2, 0.25) is 0 Å². The number of para-hydroxylation sites is 1. The molecular formula is C23H26FN3O6S. The Kier molecular flexibility index (Phi) is 6.32. The number of amides is 1. The van der Waals surface area contributed by atoms with Crippen LogP contribution >= 0.6 is 0 Å². The van der Waals surface area contributed by atoms with Gasteiger partial charge in [-0.25, -0.2) is 12.8 Å². The summed E-state index contributed by atoms with van der Waals surface area (Å²) in [4.78, 5) is 16.3. The summed E-state index contributed by atoms with van der Waals surface area (Å²) < 4.78 is 58.8. The highest BCUT2D eigenvalue weighted by Crippen LogP contribution is 2.35. The molecule has 5 rings (SSSR count). The van der Waals surface area contributed by atoms with Crippen LogP contribution in [0.25, 0.3) is 0 Å². The summed E-state index contributed by atoms with van der Waals surface area (Å²) in [6, 6.07) is 10.9. The summed E-state index contributed by atoms with van der Waals surface area (Å²) in [7, 11) is -3.77. The van der Waals surface area contributed by atoms with Crippen LogP contribution in [0, 0.1) is 5.82 Å². The zero-order valence-electron chi connectivity index (χ0n) is 18.6. The third-order valence-electron chi connectivity index (χ3n) is 6.24. The number of carbonyl (C=O) groups excluding carboxylic acids is 1. The molecule has 3 aliphatic rings. The van der Waals surface area contributed by atoms with Gasteiger partial charge in [0, 0.05) is 45.3 Å². The van der Waals surface area contributed by atoms with Crippen molar-refractivity contribution in [3.05, 3.63) is 48.3 Å². The van der Waals surface area contributed by atoms with Crippen molar-refractivity contribution in [1.29, 1.82) is 0 Å². The number of nitrogens with zero attached hydrogens (tertiary/aromatic N) is 3. The lowest BCUT2D eigenvalue weighted by Gasteiger charge is -2.35. The summed E-state index contributed by atoms with van der Waals surface area (Å²) in [5.41, 5.74) is 0.472. The highest BCUT2D eigenvalue weighted by Gasteiger charge is 2.34. The van der Waals surface area contributed by atoms with Crippen molar-refractivity contribution in [3.63, 3.8) is 0 Å². The average molecular weight is 492 g/mol. The number of hydrogen-bond donors (Lipinski definition) is 0. The Hall–Kier alpha value is -2.89. The minimum Gasteiger partial charge on any atom is -0.485 e. The quantitative estimate of drug-likeness (QED) is 0.638. The Morgan fingerprint density at radius 3 is 2.41 bits per heavy atom. The van der Waals surface area contributed by atoms with Crippen molar-refractivity contribution < 1.29 is 31.8 Å². The molecule has 0 bridgehead atoms. The largest absolute Gasteiger partial charge is 0.485 e. The van der Waals surface area contributed by atoms with E-state index >= 15 is 0 Å². The molecule has 0 spiro atoms. The number of morpholine rings is 1. The molecule has 0 N–H and O–H groups in total. The van der Waals surface area contributed by atoms with Crippen LogP contribution < -0.4 is 14.4 Å². The number of carbonyl (C=O) groups is 1. The van der Waals surface area contributed by atoms with Crippen molar-refractivity contribution in [2.24, 2.45) is 0 Å².